The van der Waals surface area contributed by atoms with Crippen molar-refractivity contribution in [3.05, 3.63) is 87.7 Å². The van der Waals surface area contributed by atoms with Crippen LogP contribution in [0.4, 0.5) is 5.69 Å². The van der Waals surface area contributed by atoms with Crippen LogP contribution in [-0.2, 0) is 0 Å². The maximum Gasteiger partial charge on any atom is 0.336 e. The summed E-state index contributed by atoms with van der Waals surface area (Å²) in [6.07, 6.45) is 4.21. The number of carbonyl (C=O) groups is 1. The average molecular weight is 517 g/mol. The number of carboxylic acid groups (broad SMARTS) is 1. The topological polar surface area (TPSA) is 160 Å². The molecule has 1 aliphatic heterocycles. The van der Waals surface area contributed by atoms with Gasteiger partial charge in [0.1, 0.15) is 11.5 Å². The van der Waals surface area contributed by atoms with Crippen LogP contribution in [0, 0.1) is 17.2 Å². The SMILES string of the molecule is CCNc1cc2c(cc1C)C(c1ccccc1C(=O)O)=C1C=C(C)C(NCC)C=C1O2.[O-][Cl+3]([O-])([O-])O. The molecule has 0 saturated carbocycles. The molecule has 0 radical (unpaired) electrons. The van der Waals surface area contributed by atoms with Gasteiger partial charge in [-0.15, -0.1) is 0 Å². The minimum atomic E-state index is -4.69. The Labute approximate surface area is 211 Å². The summed E-state index contributed by atoms with van der Waals surface area (Å²) in [7, 11) is -4.69. The maximum absolute atomic E-state index is 12.0. The normalized spacial score (nSPS) is 16.5. The molecule has 2 aliphatic rings. The lowest BCUT2D eigenvalue weighted by atomic mass is 9.83. The number of aryl methyl sites for hydroxylation is 1. The van der Waals surface area contributed by atoms with Gasteiger partial charge < -0.3 is 20.5 Å². The number of aromatic carboxylic acids is 1. The summed E-state index contributed by atoms with van der Waals surface area (Å²) in [5.74, 6) is 0.547. The minimum absolute atomic E-state index is 0.0833. The molecular formula is C26H29ClN2O7. The molecule has 2 aromatic carbocycles. The number of nitrogens with one attached hydrogen (secondary N) is 2. The van der Waals surface area contributed by atoms with Crippen molar-refractivity contribution in [1.29, 1.82) is 0 Å². The van der Waals surface area contributed by atoms with Crippen LogP contribution in [0.2, 0.25) is 0 Å². The predicted octanol–water partition coefficient (Wildman–Crippen LogP) is 1.02. The predicted molar refractivity (Wildman–Crippen MR) is 127 cm³/mol. The van der Waals surface area contributed by atoms with Crippen molar-refractivity contribution in [1.82, 2.24) is 5.32 Å². The number of benzene rings is 2. The van der Waals surface area contributed by atoms with Gasteiger partial charge in [0.25, 0.3) is 0 Å². The molecule has 9 nitrogen and oxygen atoms in total. The highest BCUT2D eigenvalue weighted by molar-refractivity contribution is 6.00. The largest absolute Gasteiger partial charge is 0.478 e. The van der Waals surface area contributed by atoms with Crippen LogP contribution in [0.15, 0.2) is 65.5 Å². The van der Waals surface area contributed by atoms with Gasteiger partial charge >= 0.3 is 5.97 Å². The van der Waals surface area contributed by atoms with Gasteiger partial charge in [-0.3, -0.25) is 0 Å². The molecule has 4 rings (SSSR count). The van der Waals surface area contributed by atoms with E-state index >= 15 is 0 Å². The number of hydrogen-bond acceptors (Lipinski definition) is 8. The van der Waals surface area contributed by atoms with Gasteiger partial charge in [-0.2, -0.15) is 14.0 Å². The standard InChI is InChI=1S/C26H28N2O3.ClHO4/c1-5-27-21-13-23-19(11-15(21)3)25(17-9-7-8-10-18(17)26(29)30)20-12-16(4)22(28-6-2)14-24(20)31-23;2-1(3,4)5/h7-14,21,27-28H,5-6H2,1-4H3,(H,29,30);(H,2,3,4,5). The van der Waals surface area contributed by atoms with E-state index in [9.17, 15) is 9.90 Å². The summed E-state index contributed by atoms with van der Waals surface area (Å²) in [5.41, 5.74) is 6.97. The van der Waals surface area contributed by atoms with Gasteiger partial charge in [-0.1, -0.05) is 30.7 Å². The monoisotopic (exact) mass is 516 g/mol. The lowest BCUT2D eigenvalue weighted by molar-refractivity contribution is -1.92. The van der Waals surface area contributed by atoms with Gasteiger partial charge in [0, 0.05) is 35.0 Å². The number of likely N-dealkylation sites (N-methyl/N-ethyl adjacent to an activating group) is 1. The van der Waals surface area contributed by atoms with E-state index in [4.69, 9.17) is 23.4 Å². The van der Waals surface area contributed by atoms with Gasteiger partial charge in [-0.05, 0) is 62.7 Å². The summed E-state index contributed by atoms with van der Waals surface area (Å²) in [6, 6.07) is 11.4. The number of carboxylic acids is 1. The van der Waals surface area contributed by atoms with Gasteiger partial charge in [-0.25, -0.2) is 4.79 Å². The Kier molecular flexibility index (Phi) is 8.57. The number of fused-ring (bicyclic) bond motifs is 2. The number of anilines is 1. The lowest BCUT2D eigenvalue weighted by Gasteiger charge is -2.31. The Morgan fingerprint density at radius 1 is 1.08 bits per heavy atom. The second-order valence-corrected chi connectivity index (χ2v) is 9.08. The zero-order valence-electron chi connectivity index (χ0n) is 20.4. The quantitative estimate of drug-likeness (QED) is 0.439. The smallest absolute Gasteiger partial charge is 0.336 e. The molecule has 0 amide bonds. The summed E-state index contributed by atoms with van der Waals surface area (Å²) in [5, 5.41) is 16.7. The number of rotatable bonds is 6. The lowest BCUT2D eigenvalue weighted by Crippen LogP contribution is -2.58. The molecule has 2 aromatic rings. The Balaban J connectivity index is 0.000000658. The molecule has 36 heavy (non-hydrogen) atoms. The van der Waals surface area contributed by atoms with Crippen molar-refractivity contribution in [3.8, 4) is 5.75 Å². The summed E-state index contributed by atoms with van der Waals surface area (Å²) in [4.78, 5) is 12.0. The van der Waals surface area contributed by atoms with Crippen molar-refractivity contribution < 1.29 is 43.5 Å². The van der Waals surface area contributed by atoms with E-state index in [1.165, 1.54) is 5.57 Å². The third-order valence-electron chi connectivity index (χ3n) is 5.75. The van der Waals surface area contributed by atoms with Gasteiger partial charge in [0.05, 0.1) is 26.5 Å². The number of allylic oxidation sites excluding steroid dienone is 1. The zero-order chi connectivity index (χ0) is 26.6. The first-order chi connectivity index (χ1) is 16.9. The molecule has 1 heterocycles. The van der Waals surface area contributed by atoms with Crippen molar-refractivity contribution in [3.63, 3.8) is 0 Å². The highest BCUT2D eigenvalue weighted by Gasteiger charge is 2.31. The van der Waals surface area contributed by atoms with E-state index in [1.54, 1.807) is 12.1 Å². The van der Waals surface area contributed by atoms with E-state index < -0.39 is 16.2 Å². The van der Waals surface area contributed by atoms with Gasteiger partial charge in [0.2, 0.25) is 0 Å². The van der Waals surface area contributed by atoms with Crippen LogP contribution in [0.25, 0.3) is 5.57 Å². The van der Waals surface area contributed by atoms with Crippen molar-refractivity contribution >= 4 is 17.2 Å². The second-order valence-electron chi connectivity index (χ2n) is 8.29. The molecule has 0 aromatic heterocycles. The molecule has 0 spiro atoms. The fraction of sp³-hybridized carbons (Fsp3) is 0.269. The van der Waals surface area contributed by atoms with E-state index in [1.807, 2.05) is 18.2 Å². The highest BCUT2D eigenvalue weighted by atomic mass is 35.7. The average Bonchev–Trinajstić information content (AvgIpc) is 2.78. The minimum Gasteiger partial charge on any atom is -0.478 e. The van der Waals surface area contributed by atoms with Crippen LogP contribution < -0.4 is 29.3 Å². The third-order valence-corrected chi connectivity index (χ3v) is 5.75. The van der Waals surface area contributed by atoms with E-state index in [0.717, 1.165) is 52.6 Å². The first-order valence-corrected chi connectivity index (χ1v) is 12.6. The molecule has 0 fully saturated rings. The Morgan fingerprint density at radius 3 is 2.36 bits per heavy atom. The molecule has 4 N–H and O–H groups in total. The molecule has 10 heteroatoms. The fourth-order valence-corrected chi connectivity index (χ4v) is 4.28. The van der Waals surface area contributed by atoms with Crippen molar-refractivity contribution in [2.24, 2.45) is 0 Å². The summed E-state index contributed by atoms with van der Waals surface area (Å²) in [6.45, 7) is 9.93. The van der Waals surface area contributed by atoms with Crippen LogP contribution in [-0.4, -0.2) is 34.9 Å². The number of halogens is 1. The second kappa shape index (κ2) is 11.3. The maximum atomic E-state index is 12.0. The Morgan fingerprint density at radius 2 is 1.75 bits per heavy atom. The molecule has 0 saturated heterocycles. The molecule has 192 valence electrons. The van der Waals surface area contributed by atoms with Crippen LogP contribution in [0.3, 0.4) is 0 Å². The van der Waals surface area contributed by atoms with Crippen molar-refractivity contribution in [2.45, 2.75) is 33.7 Å². The summed E-state index contributed by atoms with van der Waals surface area (Å²) >= 11 is 0. The first kappa shape index (κ1) is 27.4. The molecule has 0 bridgehead atoms. The molecular weight excluding hydrogens is 488 g/mol. The van der Waals surface area contributed by atoms with E-state index in [-0.39, 0.29) is 11.6 Å². The van der Waals surface area contributed by atoms with Crippen molar-refractivity contribution in [2.75, 3.05) is 18.4 Å². The zero-order valence-corrected chi connectivity index (χ0v) is 21.2. The number of ether oxygens (including phenoxy) is 1. The summed E-state index contributed by atoms with van der Waals surface area (Å²) < 4.78 is 39.1. The third kappa shape index (κ3) is 6.33. The molecule has 1 unspecified atom stereocenters. The van der Waals surface area contributed by atoms with Crippen LogP contribution >= 0.6 is 0 Å². The van der Waals surface area contributed by atoms with Gasteiger partial charge in [0.15, 0.2) is 0 Å². The Hall–Kier alpha value is -3.18. The molecule has 1 aliphatic carbocycles. The first-order valence-electron chi connectivity index (χ1n) is 11.3. The number of hydrogen-bond donors (Lipinski definition) is 4. The highest BCUT2D eigenvalue weighted by Crippen LogP contribution is 2.46. The van der Waals surface area contributed by atoms with Crippen LogP contribution in [0.5, 0.6) is 5.75 Å². The Bertz CT molecular complexity index is 1240. The van der Waals surface area contributed by atoms with E-state index in [0.29, 0.717) is 5.56 Å². The van der Waals surface area contributed by atoms with Crippen LogP contribution in [0.1, 0.15) is 47.8 Å². The fourth-order valence-electron chi connectivity index (χ4n) is 4.28. The van der Waals surface area contributed by atoms with E-state index in [2.05, 4.69) is 56.5 Å². The molecule has 1 atom stereocenters.